The quantitative estimate of drug-likeness (QED) is 0.428. The first-order chi connectivity index (χ1) is 3.06. The fraction of sp³-hybridized carbons (Fsp3) is 0.333. The van der Waals surface area contributed by atoms with Crippen molar-refractivity contribution in [2.24, 2.45) is 0 Å². The largest absolute Gasteiger partial charge is 1.00 e. The van der Waals surface area contributed by atoms with Crippen molar-refractivity contribution in [3.63, 3.8) is 0 Å². The minimum absolute atomic E-state index is 0. The Labute approximate surface area is 109 Å². The summed E-state index contributed by atoms with van der Waals surface area (Å²) in [6.07, 6.45) is 1.12. The molecular weight excluding hydrogens is 249 g/mol. The summed E-state index contributed by atoms with van der Waals surface area (Å²) in [5.74, 6) is -0.368. The Bertz CT molecular complexity index is 152. The molecule has 0 aliphatic heterocycles. The molecule has 0 bridgehead atoms. The summed E-state index contributed by atoms with van der Waals surface area (Å²) in [5, 5.41) is 0. The standard InChI is InChI=1S/C3H6O3S.Cs.H/c1-2-3-7(4,5)6;;/h2H,1,3H2,(H,4,5,6);;/q;+1;-1. The molecule has 0 aromatic carbocycles. The zero-order valence-electron chi connectivity index (χ0n) is 5.66. The molecule has 0 aromatic rings. The van der Waals surface area contributed by atoms with E-state index in [9.17, 15) is 8.42 Å². The third-order valence-electron chi connectivity index (χ3n) is 0.328. The summed E-state index contributed by atoms with van der Waals surface area (Å²) >= 11 is 0. The van der Waals surface area contributed by atoms with Crippen LogP contribution in [-0.2, 0) is 10.1 Å². The summed E-state index contributed by atoms with van der Waals surface area (Å²) in [5.41, 5.74) is 0. The average Bonchev–Trinajstić information content (AvgIpc) is 1.30. The van der Waals surface area contributed by atoms with Gasteiger partial charge in [-0.1, -0.05) is 6.08 Å². The number of hydrogen-bond acceptors (Lipinski definition) is 2. The van der Waals surface area contributed by atoms with Gasteiger partial charge in [0.25, 0.3) is 10.1 Å². The van der Waals surface area contributed by atoms with E-state index in [0.29, 0.717) is 0 Å². The van der Waals surface area contributed by atoms with Gasteiger partial charge in [-0.2, -0.15) is 8.42 Å². The molecule has 0 amide bonds. The van der Waals surface area contributed by atoms with E-state index in [0.717, 1.165) is 6.08 Å². The van der Waals surface area contributed by atoms with Crippen LogP contribution in [0.3, 0.4) is 0 Å². The van der Waals surface area contributed by atoms with Crippen LogP contribution in [0.15, 0.2) is 12.7 Å². The van der Waals surface area contributed by atoms with Gasteiger partial charge >= 0.3 is 68.9 Å². The van der Waals surface area contributed by atoms with E-state index in [1.54, 1.807) is 0 Å². The van der Waals surface area contributed by atoms with Crippen LogP contribution >= 0.6 is 0 Å². The van der Waals surface area contributed by atoms with E-state index in [4.69, 9.17) is 4.55 Å². The Hall–Kier alpha value is 1.70. The Morgan fingerprint density at radius 3 is 2.12 bits per heavy atom. The van der Waals surface area contributed by atoms with Crippen molar-refractivity contribution in [1.29, 1.82) is 0 Å². The zero-order valence-corrected chi connectivity index (χ0v) is 11.8. The van der Waals surface area contributed by atoms with E-state index in [2.05, 4.69) is 6.58 Å². The van der Waals surface area contributed by atoms with E-state index in [1.165, 1.54) is 0 Å². The Balaban J connectivity index is -0.000000180. The molecule has 0 unspecified atom stereocenters. The van der Waals surface area contributed by atoms with E-state index in [1.807, 2.05) is 0 Å². The van der Waals surface area contributed by atoms with Gasteiger partial charge in [-0.25, -0.2) is 0 Å². The molecule has 0 saturated heterocycles. The molecule has 0 radical (unpaired) electrons. The van der Waals surface area contributed by atoms with Crippen LogP contribution in [0.2, 0.25) is 0 Å². The van der Waals surface area contributed by atoms with Crippen molar-refractivity contribution in [3.8, 4) is 0 Å². The SMILES string of the molecule is C=CCS(=O)(=O)O.[Cs+].[H-]. The molecule has 0 aromatic heterocycles. The number of hydrogen-bond donors (Lipinski definition) is 1. The van der Waals surface area contributed by atoms with Crippen LogP contribution in [0.4, 0.5) is 0 Å². The topological polar surface area (TPSA) is 54.4 Å². The molecule has 1 N–H and O–H groups in total. The monoisotopic (exact) mass is 256 g/mol. The average molecular weight is 256 g/mol. The number of rotatable bonds is 2. The van der Waals surface area contributed by atoms with Gasteiger partial charge in [0.15, 0.2) is 0 Å². The molecule has 0 fully saturated rings. The van der Waals surface area contributed by atoms with Crippen molar-refractivity contribution in [2.75, 3.05) is 5.75 Å². The van der Waals surface area contributed by atoms with Gasteiger partial charge in [-0.3, -0.25) is 4.55 Å². The van der Waals surface area contributed by atoms with Crippen LogP contribution in [0, 0.1) is 0 Å². The summed E-state index contributed by atoms with van der Waals surface area (Å²) in [6.45, 7) is 3.11. The second-order valence-corrected chi connectivity index (χ2v) is 2.53. The van der Waals surface area contributed by atoms with Gasteiger partial charge in [-0.15, -0.1) is 6.58 Å². The third-order valence-corrected chi connectivity index (χ3v) is 0.985. The van der Waals surface area contributed by atoms with Crippen molar-refractivity contribution in [2.45, 2.75) is 0 Å². The smallest absolute Gasteiger partial charge is 1.00 e. The summed E-state index contributed by atoms with van der Waals surface area (Å²) in [7, 11) is -3.79. The molecule has 0 heterocycles. The van der Waals surface area contributed by atoms with Crippen molar-refractivity contribution in [1.82, 2.24) is 0 Å². The summed E-state index contributed by atoms with van der Waals surface area (Å²) in [6, 6.07) is 0. The first kappa shape index (κ1) is 12.4. The molecule has 5 heteroatoms. The van der Waals surface area contributed by atoms with E-state index in [-0.39, 0.29) is 76.1 Å². The molecule has 8 heavy (non-hydrogen) atoms. The third kappa shape index (κ3) is 10.6. The van der Waals surface area contributed by atoms with Crippen LogP contribution < -0.4 is 68.9 Å². The maximum Gasteiger partial charge on any atom is 1.00 e. The summed E-state index contributed by atoms with van der Waals surface area (Å²) in [4.78, 5) is 0. The van der Waals surface area contributed by atoms with Gasteiger partial charge in [0.1, 0.15) is 0 Å². The second-order valence-electron chi connectivity index (χ2n) is 1.04. The minimum Gasteiger partial charge on any atom is -1.00 e. The van der Waals surface area contributed by atoms with Gasteiger partial charge in [0, 0.05) is 0 Å². The van der Waals surface area contributed by atoms with Gasteiger partial charge in [0.05, 0.1) is 5.75 Å². The zero-order chi connectivity index (χ0) is 5.91. The summed E-state index contributed by atoms with van der Waals surface area (Å²) < 4.78 is 27.3. The molecular formula is C3H7CsO3S. The molecule has 0 aliphatic carbocycles. The second kappa shape index (κ2) is 5.48. The molecule has 44 valence electrons. The maximum absolute atomic E-state index is 9.72. The predicted molar refractivity (Wildman–Crippen MR) is 27.7 cm³/mol. The van der Waals surface area contributed by atoms with Crippen LogP contribution in [0.5, 0.6) is 0 Å². The Morgan fingerprint density at radius 1 is 1.75 bits per heavy atom. The Morgan fingerprint density at radius 2 is 2.12 bits per heavy atom. The van der Waals surface area contributed by atoms with Gasteiger partial charge < -0.3 is 1.43 Å². The van der Waals surface area contributed by atoms with Crippen molar-refractivity contribution < 1.29 is 83.3 Å². The van der Waals surface area contributed by atoms with Crippen LogP contribution in [-0.4, -0.2) is 18.7 Å². The molecule has 0 rings (SSSR count). The molecule has 0 spiro atoms. The van der Waals surface area contributed by atoms with Crippen molar-refractivity contribution >= 4 is 10.1 Å². The minimum atomic E-state index is -3.79. The van der Waals surface area contributed by atoms with Crippen molar-refractivity contribution in [3.05, 3.63) is 12.7 Å². The molecule has 0 saturated carbocycles. The molecule has 0 aliphatic rings. The van der Waals surface area contributed by atoms with E-state index >= 15 is 0 Å². The predicted octanol–water partition coefficient (Wildman–Crippen LogP) is -2.82. The molecule has 3 nitrogen and oxygen atoms in total. The normalized spacial score (nSPS) is 9.62. The molecule has 0 atom stereocenters. The van der Waals surface area contributed by atoms with E-state index < -0.39 is 10.1 Å². The van der Waals surface area contributed by atoms with Crippen LogP contribution in [0.1, 0.15) is 1.43 Å². The van der Waals surface area contributed by atoms with Crippen LogP contribution in [0.25, 0.3) is 0 Å². The first-order valence-electron chi connectivity index (χ1n) is 1.62. The Kier molecular flexibility index (Phi) is 8.49. The van der Waals surface area contributed by atoms with Gasteiger partial charge in [-0.05, 0) is 0 Å². The fourth-order valence-corrected chi connectivity index (χ4v) is 0.447. The van der Waals surface area contributed by atoms with Gasteiger partial charge in [0.2, 0.25) is 0 Å². The first-order valence-corrected chi connectivity index (χ1v) is 3.23. The fourth-order valence-electron chi connectivity index (χ4n) is 0.149. The maximum atomic E-state index is 9.72.